The highest BCUT2D eigenvalue weighted by Gasteiger charge is 3.00. The molecular weight excluding hydrogens is 412 g/mol. The molecule has 1 saturated carbocycles. The third-order valence-corrected chi connectivity index (χ3v) is 4.25. The maximum absolute atomic E-state index is 14.3. The van der Waals surface area contributed by atoms with E-state index in [2.05, 4.69) is 0 Å². The Morgan fingerprint density at radius 3 is 1.63 bits per heavy atom. The number of hydrogen-bond donors (Lipinski definition) is 1. The second-order valence-electron chi connectivity index (χ2n) is 5.94. The molecule has 27 heavy (non-hydrogen) atoms. The van der Waals surface area contributed by atoms with Crippen molar-refractivity contribution >= 4 is 0 Å². The number of rotatable bonds is 3. The quantitative estimate of drug-likeness (QED) is 0.651. The minimum absolute atomic E-state index is 0.0511. The molecule has 0 saturated heterocycles. The summed E-state index contributed by atoms with van der Waals surface area (Å²) in [6, 6.07) is 1.61. The Morgan fingerprint density at radius 1 is 0.778 bits per heavy atom. The van der Waals surface area contributed by atoms with E-state index >= 15 is 0 Å². The fourth-order valence-electron chi connectivity index (χ4n) is 2.65. The summed E-state index contributed by atoms with van der Waals surface area (Å²) in [6.45, 7) is 0. The summed E-state index contributed by atoms with van der Waals surface area (Å²) < 4.78 is 159. The van der Waals surface area contributed by atoms with Gasteiger partial charge in [-0.05, 0) is 17.7 Å². The van der Waals surface area contributed by atoms with Gasteiger partial charge in [0.1, 0.15) is 0 Å². The molecule has 0 radical (unpaired) electrons. The maximum Gasteiger partial charge on any atom is 0.416 e. The summed E-state index contributed by atoms with van der Waals surface area (Å²) in [5.74, 6) is -26.9. The van der Waals surface area contributed by atoms with E-state index < -0.39 is 59.2 Å². The second-order valence-corrected chi connectivity index (χ2v) is 5.94. The Bertz CT molecular complexity index is 697. The summed E-state index contributed by atoms with van der Waals surface area (Å²) in [4.78, 5) is 0. The van der Waals surface area contributed by atoms with Crippen molar-refractivity contribution in [3.05, 3.63) is 35.4 Å². The molecule has 1 aromatic carbocycles. The zero-order chi connectivity index (χ0) is 21.3. The lowest BCUT2D eigenvalue weighted by atomic mass is 9.87. The molecule has 1 unspecified atom stereocenters. The fourth-order valence-corrected chi connectivity index (χ4v) is 2.65. The molecule has 1 fully saturated rings. The van der Waals surface area contributed by atoms with Gasteiger partial charge in [-0.25, -0.2) is 4.39 Å². The van der Waals surface area contributed by atoms with Gasteiger partial charge in [0.05, 0.1) is 11.7 Å². The third kappa shape index (κ3) is 2.60. The largest absolute Gasteiger partial charge is 0.416 e. The van der Waals surface area contributed by atoms with Crippen LogP contribution < -0.4 is 0 Å². The van der Waals surface area contributed by atoms with Gasteiger partial charge in [-0.2, -0.15) is 48.3 Å². The highest BCUT2D eigenvalue weighted by atomic mass is 19.4. The molecule has 1 atom stereocenters. The Kier molecular flexibility index (Phi) is 4.55. The van der Waals surface area contributed by atoms with Crippen LogP contribution in [0.4, 0.5) is 52.7 Å². The lowest BCUT2D eigenvalue weighted by molar-refractivity contribution is -0.303. The van der Waals surface area contributed by atoms with E-state index in [0.29, 0.717) is 18.2 Å². The molecule has 13 heteroatoms. The predicted octanol–water partition coefficient (Wildman–Crippen LogP) is 5.39. The van der Waals surface area contributed by atoms with Gasteiger partial charge in [0.15, 0.2) is 0 Å². The van der Waals surface area contributed by atoms with Crippen molar-refractivity contribution < 1.29 is 57.8 Å². The molecule has 0 spiro atoms. The number of halogens is 12. The van der Waals surface area contributed by atoms with E-state index in [1.165, 1.54) is 0 Å². The van der Waals surface area contributed by atoms with Crippen LogP contribution in [0.25, 0.3) is 0 Å². The average Bonchev–Trinajstić information content (AvgIpc) is 2.56. The van der Waals surface area contributed by atoms with Gasteiger partial charge < -0.3 is 5.11 Å². The van der Waals surface area contributed by atoms with Gasteiger partial charge in [0, 0.05) is 6.42 Å². The van der Waals surface area contributed by atoms with Crippen LogP contribution in [0, 0.1) is 0 Å². The zero-order valence-electron chi connectivity index (χ0n) is 12.6. The molecule has 0 bridgehead atoms. The van der Waals surface area contributed by atoms with Gasteiger partial charge in [-0.1, -0.05) is 12.1 Å². The molecule has 0 heterocycles. The number of aliphatic hydroxyl groups excluding tert-OH is 1. The van der Waals surface area contributed by atoms with Crippen LogP contribution in [-0.2, 0) is 6.18 Å². The van der Waals surface area contributed by atoms with Crippen LogP contribution in [0.3, 0.4) is 0 Å². The minimum atomic E-state index is -6.81. The molecule has 1 aromatic rings. The monoisotopic (exact) mass is 420 g/mol. The molecule has 1 nitrogen and oxygen atoms in total. The number of alkyl halides is 12. The summed E-state index contributed by atoms with van der Waals surface area (Å²) in [5.41, 5.74) is -8.51. The standard InChI is InChI=1S/C14H8F12O/c15-9(11(19,20)13(23,24)14(25,26)12(9,21)22)5-8(27)6-2-1-3-7(4-6)10(16,17)18/h1-4,8,27H,5H2. The number of benzene rings is 1. The molecule has 1 N–H and O–H groups in total. The van der Waals surface area contributed by atoms with E-state index in [1.54, 1.807) is 0 Å². The maximum atomic E-state index is 14.3. The van der Waals surface area contributed by atoms with Gasteiger partial charge in [0.2, 0.25) is 0 Å². The Balaban J connectivity index is 2.49. The molecule has 1 aliphatic carbocycles. The lowest BCUT2D eigenvalue weighted by Crippen LogP contribution is -2.55. The molecule has 0 aliphatic heterocycles. The second kappa shape index (κ2) is 5.67. The van der Waals surface area contributed by atoms with Crippen LogP contribution >= 0.6 is 0 Å². The van der Waals surface area contributed by atoms with Crippen molar-refractivity contribution in [2.24, 2.45) is 0 Å². The highest BCUT2D eigenvalue weighted by Crippen LogP contribution is 2.70. The van der Waals surface area contributed by atoms with Crippen LogP contribution in [0.5, 0.6) is 0 Å². The van der Waals surface area contributed by atoms with Gasteiger partial charge in [0.25, 0.3) is 5.67 Å². The van der Waals surface area contributed by atoms with Crippen LogP contribution in [0.2, 0.25) is 0 Å². The topological polar surface area (TPSA) is 20.2 Å². The van der Waals surface area contributed by atoms with E-state index in [1.807, 2.05) is 0 Å². The van der Waals surface area contributed by atoms with E-state index in [-0.39, 0.29) is 6.07 Å². The van der Waals surface area contributed by atoms with Gasteiger partial charge >= 0.3 is 29.9 Å². The number of aliphatic hydroxyl groups is 1. The Hall–Kier alpha value is -1.66. The van der Waals surface area contributed by atoms with E-state index in [4.69, 9.17) is 0 Å². The van der Waals surface area contributed by atoms with Crippen LogP contribution in [0.15, 0.2) is 24.3 Å². The van der Waals surface area contributed by atoms with Crippen LogP contribution in [-0.4, -0.2) is 34.5 Å². The van der Waals surface area contributed by atoms with E-state index in [9.17, 15) is 57.8 Å². The van der Waals surface area contributed by atoms with Crippen molar-refractivity contribution in [2.45, 2.75) is 48.1 Å². The normalized spacial score (nSPS) is 26.0. The average molecular weight is 420 g/mol. The summed E-state index contributed by atoms with van der Waals surface area (Å²) in [6.07, 6.45) is -10.7. The molecule has 0 amide bonds. The summed E-state index contributed by atoms with van der Waals surface area (Å²) in [7, 11) is 0. The van der Waals surface area contributed by atoms with Crippen molar-refractivity contribution in [2.75, 3.05) is 0 Å². The van der Waals surface area contributed by atoms with Crippen molar-refractivity contribution in [1.29, 1.82) is 0 Å². The first kappa shape index (κ1) is 21.6. The Morgan fingerprint density at radius 2 is 1.22 bits per heavy atom. The smallest absolute Gasteiger partial charge is 0.388 e. The minimum Gasteiger partial charge on any atom is -0.388 e. The van der Waals surface area contributed by atoms with E-state index in [0.717, 1.165) is 0 Å². The molecule has 2 rings (SSSR count). The Labute approximate surface area is 142 Å². The molecule has 0 aromatic heterocycles. The first-order valence-corrected chi connectivity index (χ1v) is 6.90. The molecular formula is C14H8F12O. The fraction of sp³-hybridized carbons (Fsp3) is 0.571. The SMILES string of the molecule is OC(CC1(F)C(F)(F)C(F)(F)C(F)(F)C1(F)F)c1cccc(C(F)(F)F)c1. The first-order chi connectivity index (χ1) is 11.8. The summed E-state index contributed by atoms with van der Waals surface area (Å²) >= 11 is 0. The van der Waals surface area contributed by atoms with Crippen molar-refractivity contribution in [3.63, 3.8) is 0 Å². The highest BCUT2D eigenvalue weighted by molar-refractivity contribution is 5.31. The number of hydrogen-bond acceptors (Lipinski definition) is 1. The summed E-state index contributed by atoms with van der Waals surface area (Å²) in [5, 5.41) is 9.58. The zero-order valence-corrected chi connectivity index (χ0v) is 12.6. The molecule has 1 aliphatic rings. The van der Waals surface area contributed by atoms with Crippen molar-refractivity contribution in [3.8, 4) is 0 Å². The van der Waals surface area contributed by atoms with Gasteiger partial charge in [-0.3, -0.25) is 0 Å². The van der Waals surface area contributed by atoms with Crippen molar-refractivity contribution in [1.82, 2.24) is 0 Å². The first-order valence-electron chi connectivity index (χ1n) is 6.90. The lowest BCUT2D eigenvalue weighted by Gasteiger charge is -2.32. The van der Waals surface area contributed by atoms with Gasteiger partial charge in [-0.15, -0.1) is 0 Å². The third-order valence-electron chi connectivity index (χ3n) is 4.25. The van der Waals surface area contributed by atoms with Crippen LogP contribution in [0.1, 0.15) is 23.7 Å². The molecule has 154 valence electrons. The predicted molar refractivity (Wildman–Crippen MR) is 64.6 cm³/mol.